The summed E-state index contributed by atoms with van der Waals surface area (Å²) < 4.78 is 52.7. The van der Waals surface area contributed by atoms with E-state index >= 15 is 0 Å². The van der Waals surface area contributed by atoms with Crippen LogP contribution in [-0.4, -0.2) is 19.6 Å². The molecule has 0 spiro atoms. The molecule has 0 atom stereocenters. The zero-order valence-corrected chi connectivity index (χ0v) is 41.9. The largest absolute Gasteiger partial charge is 0.507 e. The maximum Gasteiger partial charge on any atom is 0.148 e. The molecular formula is C62H60N3OPt-. The zero-order valence-electron chi connectivity index (χ0n) is 45.6. The van der Waals surface area contributed by atoms with Gasteiger partial charge in [0.1, 0.15) is 11.6 Å². The van der Waals surface area contributed by atoms with Crippen LogP contribution in [0.4, 0.5) is 0 Å². The molecule has 0 fully saturated rings. The number of nitrogens with zero attached hydrogens (tertiary/aromatic N) is 3. The summed E-state index contributed by atoms with van der Waals surface area (Å²) in [6, 6.07) is 52.7. The van der Waals surface area contributed by atoms with Crippen LogP contribution in [0.2, 0.25) is 0 Å². The van der Waals surface area contributed by atoms with E-state index in [0.717, 1.165) is 61.2 Å². The molecule has 9 rings (SSSR count). The molecule has 2 aromatic heterocycles. The maximum atomic E-state index is 12.5. The van der Waals surface area contributed by atoms with Gasteiger partial charge in [0.15, 0.2) is 0 Å². The first-order valence-electron chi connectivity index (χ1n) is 25.6. The Hall–Kier alpha value is -6.35. The van der Waals surface area contributed by atoms with Crippen LogP contribution >= 0.6 is 0 Å². The van der Waals surface area contributed by atoms with Crippen LogP contribution in [0.15, 0.2) is 158 Å². The van der Waals surface area contributed by atoms with Crippen LogP contribution in [-0.2, 0) is 37.3 Å². The van der Waals surface area contributed by atoms with Gasteiger partial charge in [-0.1, -0.05) is 194 Å². The summed E-state index contributed by atoms with van der Waals surface area (Å²) in [5, 5.41) is 12.5. The molecule has 2 heterocycles. The summed E-state index contributed by atoms with van der Waals surface area (Å²) in [5.41, 5.74) is 12.9. The normalized spacial score (nSPS) is 13.7. The third-order valence-corrected chi connectivity index (χ3v) is 12.6. The topological polar surface area (TPSA) is 50.9 Å². The summed E-state index contributed by atoms with van der Waals surface area (Å²) in [6.45, 7) is 14.4. The summed E-state index contributed by atoms with van der Waals surface area (Å²) in [6.07, 6.45) is 1.75. The Balaban J connectivity index is 0.00000711. The molecule has 0 bridgehead atoms. The van der Waals surface area contributed by atoms with Crippen molar-refractivity contribution in [3.05, 3.63) is 192 Å². The van der Waals surface area contributed by atoms with E-state index in [4.69, 9.17) is 18.2 Å². The molecule has 0 unspecified atom stereocenters. The van der Waals surface area contributed by atoms with Crippen molar-refractivity contribution in [2.45, 2.75) is 92.3 Å². The Bertz CT molecular complexity index is 3480. The van der Waals surface area contributed by atoms with Crippen molar-refractivity contribution >= 4 is 11.0 Å². The number of aromatic nitrogens is 3. The van der Waals surface area contributed by atoms with Gasteiger partial charge in [0, 0.05) is 46.7 Å². The molecule has 0 aliphatic carbocycles. The number of phenols is 1. The Morgan fingerprint density at radius 1 is 0.537 bits per heavy atom. The van der Waals surface area contributed by atoms with E-state index in [1.54, 1.807) is 24.4 Å². The van der Waals surface area contributed by atoms with Gasteiger partial charge in [0.05, 0.1) is 22.3 Å². The number of fused-ring (bicyclic) bond motifs is 1. The number of aryl methyl sites for hydroxylation is 2. The zero-order chi connectivity index (χ0) is 51.7. The number of hydrogen-bond acceptors (Lipinski definition) is 3. The maximum absolute atomic E-state index is 12.5. The van der Waals surface area contributed by atoms with Crippen molar-refractivity contribution in [3.63, 3.8) is 0 Å². The van der Waals surface area contributed by atoms with E-state index in [2.05, 4.69) is 111 Å². The second-order valence-corrected chi connectivity index (χ2v) is 20.5. The van der Waals surface area contributed by atoms with Gasteiger partial charge < -0.3 is 5.11 Å². The number of imidazole rings is 1. The SMILES string of the molecule is [2H]C([2H])([2H])c1ccc(-c2ccnc(-c3[c-]c(-c4cccc5c4nc(-c4cc(C(C)(C)C)cc(C(C)(C)C)c4O)n5-c4ccc(-c5ccc(C(C)(C)C)cc5)cc4C([2H])([2H])[2H])cc(-c4ccccc4)c3)c2)cc1.[Pt]. The Morgan fingerprint density at radius 3 is 1.84 bits per heavy atom. The van der Waals surface area contributed by atoms with Crippen molar-refractivity contribution in [1.82, 2.24) is 14.5 Å². The Labute approximate surface area is 420 Å². The minimum Gasteiger partial charge on any atom is -0.507 e. The van der Waals surface area contributed by atoms with E-state index in [9.17, 15) is 5.11 Å². The molecule has 0 aliphatic rings. The van der Waals surface area contributed by atoms with E-state index < -0.39 is 19.1 Å². The molecule has 0 aliphatic heterocycles. The van der Waals surface area contributed by atoms with Crippen molar-refractivity contribution < 1.29 is 34.4 Å². The molecule has 67 heavy (non-hydrogen) atoms. The van der Waals surface area contributed by atoms with Gasteiger partial charge in [0.2, 0.25) is 0 Å². The fourth-order valence-electron chi connectivity index (χ4n) is 8.69. The minimum absolute atomic E-state index is 0. The van der Waals surface area contributed by atoms with E-state index in [-0.39, 0.29) is 48.8 Å². The molecule has 340 valence electrons. The average Bonchev–Trinajstić information content (AvgIpc) is 3.72. The van der Waals surface area contributed by atoms with Crippen LogP contribution in [0.25, 0.3) is 83.9 Å². The van der Waals surface area contributed by atoms with Gasteiger partial charge in [0.25, 0.3) is 0 Å². The number of pyridine rings is 1. The van der Waals surface area contributed by atoms with Gasteiger partial charge in [-0.3, -0.25) is 9.55 Å². The summed E-state index contributed by atoms with van der Waals surface area (Å²) >= 11 is 0. The molecule has 9 aromatic rings. The molecule has 0 amide bonds. The number of hydrogen-bond donors (Lipinski definition) is 1. The standard InChI is InChI=1S/C62H60N3O.Pt/c1-39-20-22-42(23-21-39)45-30-31-63-54(36-45)48-34-46(41-16-13-12-14-17-41)33-47(35-48)51-18-15-19-56-57(51)64-59(52-37-50(61(6,7)8)38-53(58(52)66)62(9,10)11)65(56)55-29-26-44(32-40(55)2)43-24-27-49(28-25-43)60(3,4)5;/h12-34,36-38,66H,1-11H3;/q-1;/i1D3,2D3;. The monoisotopic (exact) mass is 1060 g/mol. The Kier molecular flexibility index (Phi) is 10.7. The molecule has 0 saturated carbocycles. The number of benzene rings is 7. The van der Waals surface area contributed by atoms with Crippen LogP contribution in [0.5, 0.6) is 5.75 Å². The summed E-state index contributed by atoms with van der Waals surface area (Å²) in [4.78, 5) is 10.3. The van der Waals surface area contributed by atoms with Crippen LogP contribution in [0.1, 0.15) is 98.4 Å². The molecular weight excluding hydrogens is 998 g/mol. The molecule has 0 saturated heterocycles. The number of para-hydroxylation sites is 1. The van der Waals surface area contributed by atoms with Gasteiger partial charge in [-0.2, -0.15) is 0 Å². The second-order valence-electron chi connectivity index (χ2n) is 20.5. The fourth-order valence-corrected chi connectivity index (χ4v) is 8.69. The fraction of sp³-hybridized carbons (Fsp3) is 0.226. The van der Waals surface area contributed by atoms with Gasteiger partial charge in [-0.25, -0.2) is 4.98 Å². The van der Waals surface area contributed by atoms with Crippen LogP contribution < -0.4 is 0 Å². The van der Waals surface area contributed by atoms with E-state index in [1.165, 1.54) is 5.56 Å². The van der Waals surface area contributed by atoms with E-state index in [1.807, 2.05) is 95.6 Å². The van der Waals surface area contributed by atoms with Gasteiger partial charge in [-0.15, -0.1) is 23.8 Å². The quantitative estimate of drug-likeness (QED) is 0.162. The van der Waals surface area contributed by atoms with Crippen LogP contribution in [0, 0.1) is 19.8 Å². The summed E-state index contributed by atoms with van der Waals surface area (Å²) in [7, 11) is 0. The number of phenolic OH excluding ortho intramolecular Hbond substituents is 1. The number of rotatable bonds is 7. The third-order valence-electron chi connectivity index (χ3n) is 12.6. The first kappa shape index (κ1) is 39.8. The van der Waals surface area contributed by atoms with Crippen molar-refractivity contribution in [2.24, 2.45) is 0 Å². The predicted octanol–water partition coefficient (Wildman–Crippen LogP) is 16.4. The molecule has 1 N–H and O–H groups in total. The van der Waals surface area contributed by atoms with Crippen LogP contribution in [0.3, 0.4) is 0 Å². The molecule has 5 heteroatoms. The second kappa shape index (κ2) is 18.0. The van der Waals surface area contributed by atoms with Crippen molar-refractivity contribution in [2.75, 3.05) is 0 Å². The van der Waals surface area contributed by atoms with Crippen molar-refractivity contribution in [3.8, 4) is 78.6 Å². The smallest absolute Gasteiger partial charge is 0.148 e. The summed E-state index contributed by atoms with van der Waals surface area (Å²) in [5.74, 6) is 0.483. The molecule has 0 radical (unpaired) electrons. The molecule has 7 aromatic carbocycles. The van der Waals surface area contributed by atoms with Gasteiger partial charge in [-0.05, 0) is 105 Å². The minimum atomic E-state index is -2.54. The first-order chi connectivity index (χ1) is 33.8. The van der Waals surface area contributed by atoms with Gasteiger partial charge >= 0.3 is 0 Å². The van der Waals surface area contributed by atoms with E-state index in [0.29, 0.717) is 33.8 Å². The third kappa shape index (κ3) is 9.47. The Morgan fingerprint density at radius 2 is 1.18 bits per heavy atom. The predicted molar refractivity (Wildman–Crippen MR) is 278 cm³/mol. The van der Waals surface area contributed by atoms with Crippen molar-refractivity contribution in [1.29, 1.82) is 0 Å². The average molecular weight is 1060 g/mol. The molecule has 4 nitrogen and oxygen atoms in total. The number of aromatic hydroxyl groups is 1. The first-order valence-corrected chi connectivity index (χ1v) is 22.6.